The van der Waals surface area contributed by atoms with Crippen molar-refractivity contribution in [1.29, 1.82) is 0 Å². The first-order valence-electron chi connectivity index (χ1n) is 23.1. The molecule has 0 aliphatic heterocycles. The number of para-hydroxylation sites is 4. The molecular formula is C65H47N3. The monoisotopic (exact) mass is 869 g/mol. The molecule has 0 amide bonds. The topological polar surface area (TPSA) is 19.4 Å². The number of pyridine rings is 1. The quantitative estimate of drug-likeness (QED) is 0.122. The largest absolute Gasteiger partial charge is 0.311 e. The van der Waals surface area contributed by atoms with Gasteiger partial charge in [-0.2, -0.15) is 0 Å². The SMILES string of the molecule is c1ccc(-c2c(-c3ccccc3)c(-c3ccccc3)c(-c3ccc(N(c4ccccc4)c4ccccc4)cn3)c(-c3ccc(N(c4ccccc4)c4ccccc4)cc3)c2-c2ccccc2)cc1. The zero-order valence-corrected chi connectivity index (χ0v) is 37.5. The van der Waals surface area contributed by atoms with Gasteiger partial charge in [0, 0.05) is 45.1 Å². The van der Waals surface area contributed by atoms with Gasteiger partial charge < -0.3 is 9.80 Å². The fraction of sp³-hybridized carbons (Fsp3) is 0. The van der Waals surface area contributed by atoms with Crippen LogP contribution in [0.4, 0.5) is 34.1 Å². The molecule has 0 saturated heterocycles. The third-order valence-corrected chi connectivity index (χ3v) is 12.5. The zero-order valence-electron chi connectivity index (χ0n) is 37.5. The maximum atomic E-state index is 5.54. The summed E-state index contributed by atoms with van der Waals surface area (Å²) in [5.41, 5.74) is 19.5. The first-order chi connectivity index (χ1) is 33.8. The summed E-state index contributed by atoms with van der Waals surface area (Å²) in [6.07, 6.45) is 2.03. The maximum Gasteiger partial charge on any atom is 0.0716 e. The summed E-state index contributed by atoms with van der Waals surface area (Å²) in [6, 6.07) is 99.3. The van der Waals surface area contributed by atoms with E-state index in [0.29, 0.717) is 0 Å². The van der Waals surface area contributed by atoms with E-state index in [9.17, 15) is 0 Å². The van der Waals surface area contributed by atoms with Crippen LogP contribution in [0.15, 0.2) is 285 Å². The van der Waals surface area contributed by atoms with Crippen LogP contribution in [0, 0.1) is 0 Å². The molecule has 0 radical (unpaired) electrons. The molecule has 3 heteroatoms. The van der Waals surface area contributed by atoms with E-state index < -0.39 is 0 Å². The summed E-state index contributed by atoms with van der Waals surface area (Å²) in [7, 11) is 0. The highest BCUT2D eigenvalue weighted by molar-refractivity contribution is 6.14. The Morgan fingerprint density at radius 2 is 0.426 bits per heavy atom. The molecule has 0 unspecified atom stereocenters. The van der Waals surface area contributed by atoms with Gasteiger partial charge in [0.25, 0.3) is 0 Å². The summed E-state index contributed by atoms with van der Waals surface area (Å²) < 4.78 is 0. The van der Waals surface area contributed by atoms with Crippen LogP contribution in [0.3, 0.4) is 0 Å². The van der Waals surface area contributed by atoms with Crippen LogP contribution < -0.4 is 9.80 Å². The molecule has 0 bridgehead atoms. The Kier molecular flexibility index (Phi) is 11.8. The van der Waals surface area contributed by atoms with Crippen molar-refractivity contribution in [1.82, 2.24) is 4.98 Å². The third kappa shape index (κ3) is 8.26. The highest BCUT2D eigenvalue weighted by atomic mass is 15.1. The van der Waals surface area contributed by atoms with Gasteiger partial charge in [-0.3, -0.25) is 4.98 Å². The summed E-state index contributed by atoms with van der Waals surface area (Å²) in [5.74, 6) is 0. The van der Waals surface area contributed by atoms with Crippen LogP contribution in [-0.2, 0) is 0 Å². The van der Waals surface area contributed by atoms with Crippen molar-refractivity contribution in [3.05, 3.63) is 285 Å². The molecule has 3 nitrogen and oxygen atoms in total. The lowest BCUT2D eigenvalue weighted by Crippen LogP contribution is -2.10. The van der Waals surface area contributed by atoms with Crippen LogP contribution in [0.5, 0.6) is 0 Å². The molecule has 1 aromatic heterocycles. The fourth-order valence-corrected chi connectivity index (χ4v) is 9.51. The standard InChI is InChI=1S/C65H47N3/c1-9-25-48(26-10-1)60-61(49-27-11-2-12-28-49)63(51-31-15-4-16-32-51)65(59-46-45-58(47-66-59)68(55-37-21-7-22-38-55)56-39-23-8-24-40-56)64(62(60)50-29-13-3-14-30-50)52-41-43-57(44-42-52)67(53-33-17-5-18-34-53)54-35-19-6-20-36-54/h1-47H. The van der Waals surface area contributed by atoms with Gasteiger partial charge in [0.15, 0.2) is 0 Å². The molecule has 0 aliphatic rings. The van der Waals surface area contributed by atoms with Crippen molar-refractivity contribution < 1.29 is 0 Å². The van der Waals surface area contributed by atoms with E-state index in [0.717, 1.165) is 101 Å². The molecule has 0 N–H and O–H groups in total. The Hall–Kier alpha value is -9.05. The minimum atomic E-state index is 0.872. The number of rotatable bonds is 12. The van der Waals surface area contributed by atoms with Gasteiger partial charge in [-0.25, -0.2) is 0 Å². The molecule has 1 heterocycles. The van der Waals surface area contributed by atoms with Crippen LogP contribution >= 0.6 is 0 Å². The van der Waals surface area contributed by atoms with Gasteiger partial charge in [-0.1, -0.05) is 206 Å². The molecule has 10 aromatic carbocycles. The predicted octanol–water partition coefficient (Wildman–Crippen LogP) is 18.0. The van der Waals surface area contributed by atoms with Gasteiger partial charge in [0.05, 0.1) is 17.6 Å². The molecular weight excluding hydrogens is 823 g/mol. The Balaban J connectivity index is 1.25. The van der Waals surface area contributed by atoms with E-state index in [4.69, 9.17) is 4.98 Å². The van der Waals surface area contributed by atoms with E-state index in [1.165, 1.54) is 0 Å². The van der Waals surface area contributed by atoms with Crippen molar-refractivity contribution in [3.8, 4) is 66.9 Å². The molecule has 0 fully saturated rings. The highest BCUT2D eigenvalue weighted by Crippen LogP contribution is 2.56. The smallest absolute Gasteiger partial charge is 0.0716 e. The van der Waals surface area contributed by atoms with Crippen LogP contribution in [0.2, 0.25) is 0 Å². The summed E-state index contributed by atoms with van der Waals surface area (Å²) in [4.78, 5) is 10.1. The molecule has 0 saturated carbocycles. The number of nitrogens with zero attached hydrogens (tertiary/aromatic N) is 3. The van der Waals surface area contributed by atoms with E-state index in [1.54, 1.807) is 0 Å². The maximum absolute atomic E-state index is 5.54. The molecule has 322 valence electrons. The van der Waals surface area contributed by atoms with E-state index in [1.807, 2.05) is 6.20 Å². The number of hydrogen-bond donors (Lipinski definition) is 0. The summed E-state index contributed by atoms with van der Waals surface area (Å²) >= 11 is 0. The fourth-order valence-electron chi connectivity index (χ4n) is 9.51. The van der Waals surface area contributed by atoms with Crippen molar-refractivity contribution in [3.63, 3.8) is 0 Å². The van der Waals surface area contributed by atoms with Gasteiger partial charge in [0.1, 0.15) is 0 Å². The number of benzene rings is 10. The zero-order chi connectivity index (χ0) is 45.5. The van der Waals surface area contributed by atoms with Crippen LogP contribution in [-0.4, -0.2) is 4.98 Å². The van der Waals surface area contributed by atoms with Gasteiger partial charge >= 0.3 is 0 Å². The lowest BCUT2D eigenvalue weighted by molar-refractivity contribution is 1.23. The number of aromatic nitrogens is 1. The minimum Gasteiger partial charge on any atom is -0.311 e. The Morgan fingerprint density at radius 1 is 0.191 bits per heavy atom. The Bertz CT molecular complexity index is 3060. The Morgan fingerprint density at radius 3 is 0.721 bits per heavy atom. The number of hydrogen-bond acceptors (Lipinski definition) is 3. The summed E-state index contributed by atoms with van der Waals surface area (Å²) in [5, 5.41) is 0. The molecule has 0 aliphatic carbocycles. The summed E-state index contributed by atoms with van der Waals surface area (Å²) in [6.45, 7) is 0. The molecule has 68 heavy (non-hydrogen) atoms. The van der Waals surface area contributed by atoms with Crippen molar-refractivity contribution in [2.45, 2.75) is 0 Å². The third-order valence-electron chi connectivity index (χ3n) is 12.5. The normalized spacial score (nSPS) is 10.9. The molecule has 11 rings (SSSR count). The van der Waals surface area contributed by atoms with E-state index in [2.05, 4.69) is 289 Å². The van der Waals surface area contributed by atoms with E-state index >= 15 is 0 Å². The second-order valence-corrected chi connectivity index (χ2v) is 16.7. The average molecular weight is 870 g/mol. The predicted molar refractivity (Wildman–Crippen MR) is 286 cm³/mol. The minimum absolute atomic E-state index is 0.872. The van der Waals surface area contributed by atoms with Crippen molar-refractivity contribution in [2.24, 2.45) is 0 Å². The first-order valence-corrected chi connectivity index (χ1v) is 23.1. The van der Waals surface area contributed by atoms with Crippen LogP contribution in [0.25, 0.3) is 66.9 Å². The lowest BCUT2D eigenvalue weighted by atomic mass is 9.75. The molecule has 11 aromatic rings. The lowest BCUT2D eigenvalue weighted by Gasteiger charge is -2.29. The molecule has 0 atom stereocenters. The first kappa shape index (κ1) is 41.6. The van der Waals surface area contributed by atoms with Crippen molar-refractivity contribution >= 4 is 34.1 Å². The number of anilines is 6. The average Bonchev–Trinajstić information content (AvgIpc) is 3.43. The second kappa shape index (κ2) is 19.2. The van der Waals surface area contributed by atoms with E-state index in [-0.39, 0.29) is 0 Å². The van der Waals surface area contributed by atoms with Crippen molar-refractivity contribution in [2.75, 3.05) is 9.80 Å². The van der Waals surface area contributed by atoms with Gasteiger partial charge in [-0.15, -0.1) is 0 Å². The van der Waals surface area contributed by atoms with Crippen LogP contribution in [0.1, 0.15) is 0 Å². The Labute approximate surface area is 399 Å². The van der Waals surface area contributed by atoms with Gasteiger partial charge in [0.2, 0.25) is 0 Å². The second-order valence-electron chi connectivity index (χ2n) is 16.7. The highest BCUT2D eigenvalue weighted by Gasteiger charge is 2.30. The molecule has 0 spiro atoms. The van der Waals surface area contributed by atoms with Gasteiger partial charge in [-0.05, 0) is 117 Å².